The highest BCUT2D eigenvalue weighted by molar-refractivity contribution is 5.75. The summed E-state index contributed by atoms with van der Waals surface area (Å²) in [7, 11) is 3.01. The molecule has 0 fully saturated rings. The molecule has 0 aromatic heterocycles. The number of amides is 2. The lowest BCUT2D eigenvalue weighted by Crippen LogP contribution is -2.15. The van der Waals surface area contributed by atoms with E-state index in [1.54, 1.807) is 20.9 Å². The number of carbonyl (C=O) groups excluding carboxylic acids is 3. The summed E-state index contributed by atoms with van der Waals surface area (Å²) in [6, 6.07) is 0. The zero-order chi connectivity index (χ0) is 14.3. The maximum atomic E-state index is 10.1. The van der Waals surface area contributed by atoms with Crippen molar-refractivity contribution in [1.82, 2.24) is 5.32 Å². The molecule has 19 heavy (non-hydrogen) atoms. The molecular weight excluding hydrogens is 248 g/mol. The molecule has 0 aliphatic heterocycles. The number of nitrogens with two attached hydrogens (primary N) is 1. The molecule has 0 aliphatic carbocycles. The molecule has 0 bridgehead atoms. The number of hydrogen-bond acceptors (Lipinski definition) is 4. The van der Waals surface area contributed by atoms with Crippen LogP contribution >= 0.6 is 0 Å². The molecule has 0 heterocycles. The Hall–Kier alpha value is -1.59. The standard InChI is InChI=1S/C4H9NO.C4H8O2.C3H7NO.2CH4/c1-3-4(6)5-2;1-3-4(5)6-2;1-2-3(4)5;;/h3H2,1-2H3,(H,5,6);3H2,1-2H3;2H2,1H3,(H2,4,5);2*1H4. The van der Waals surface area contributed by atoms with E-state index in [0.717, 1.165) is 0 Å². The van der Waals surface area contributed by atoms with Crippen LogP contribution in [0.3, 0.4) is 0 Å². The van der Waals surface area contributed by atoms with E-state index < -0.39 is 0 Å². The molecule has 0 saturated carbocycles. The summed E-state index contributed by atoms with van der Waals surface area (Å²) in [4.78, 5) is 29.6. The van der Waals surface area contributed by atoms with Crippen LogP contribution in [0.5, 0.6) is 0 Å². The predicted octanol–water partition coefficient (Wildman–Crippen LogP) is 1.87. The molecule has 118 valence electrons. The first-order valence-corrected chi connectivity index (χ1v) is 5.45. The lowest BCUT2D eigenvalue weighted by atomic mass is 10.5. The van der Waals surface area contributed by atoms with E-state index in [1.165, 1.54) is 7.11 Å². The summed E-state index contributed by atoms with van der Waals surface area (Å²) in [5.74, 6) is -0.310. The van der Waals surface area contributed by atoms with Gasteiger partial charge in [-0.1, -0.05) is 35.6 Å². The van der Waals surface area contributed by atoms with Gasteiger partial charge >= 0.3 is 5.97 Å². The fourth-order valence-electron chi connectivity index (χ4n) is 0.321. The average molecular weight is 280 g/mol. The van der Waals surface area contributed by atoms with Crippen molar-refractivity contribution in [3.05, 3.63) is 0 Å². The second kappa shape index (κ2) is 25.3. The summed E-state index contributed by atoms with van der Waals surface area (Å²) in [6.07, 6.45) is 1.49. The van der Waals surface area contributed by atoms with Crippen LogP contribution in [0.4, 0.5) is 0 Å². The summed E-state index contributed by atoms with van der Waals surface area (Å²) < 4.78 is 4.26. The third-order valence-electron chi connectivity index (χ3n) is 1.46. The summed E-state index contributed by atoms with van der Waals surface area (Å²) >= 11 is 0. The van der Waals surface area contributed by atoms with Gasteiger partial charge in [-0.3, -0.25) is 14.4 Å². The molecule has 6 heteroatoms. The highest BCUT2D eigenvalue weighted by Crippen LogP contribution is 1.76. The molecule has 0 aromatic rings. The number of nitrogens with one attached hydrogen (secondary N) is 1. The van der Waals surface area contributed by atoms with Gasteiger partial charge in [0.2, 0.25) is 11.8 Å². The first kappa shape index (κ1) is 30.4. The van der Waals surface area contributed by atoms with Gasteiger partial charge in [-0.25, -0.2) is 0 Å². The monoisotopic (exact) mass is 280 g/mol. The van der Waals surface area contributed by atoms with E-state index in [9.17, 15) is 14.4 Å². The highest BCUT2D eigenvalue weighted by atomic mass is 16.5. The van der Waals surface area contributed by atoms with Gasteiger partial charge in [0.1, 0.15) is 0 Å². The van der Waals surface area contributed by atoms with Gasteiger partial charge in [0, 0.05) is 26.3 Å². The van der Waals surface area contributed by atoms with Crippen LogP contribution in [0.2, 0.25) is 0 Å². The van der Waals surface area contributed by atoms with Crippen molar-refractivity contribution in [2.24, 2.45) is 5.73 Å². The Kier molecular flexibility index (Phi) is 40.5. The largest absolute Gasteiger partial charge is 0.469 e. The molecule has 2 amide bonds. The van der Waals surface area contributed by atoms with E-state index in [2.05, 4.69) is 15.8 Å². The highest BCUT2D eigenvalue weighted by Gasteiger charge is 1.87. The van der Waals surface area contributed by atoms with Gasteiger partial charge in [0.15, 0.2) is 0 Å². The van der Waals surface area contributed by atoms with Crippen molar-refractivity contribution in [2.45, 2.75) is 54.9 Å². The van der Waals surface area contributed by atoms with Crippen LogP contribution in [0.25, 0.3) is 0 Å². The maximum absolute atomic E-state index is 10.1. The Morgan fingerprint density at radius 1 is 1.00 bits per heavy atom. The Morgan fingerprint density at radius 2 is 1.37 bits per heavy atom. The topological polar surface area (TPSA) is 98.5 Å². The molecule has 0 rings (SSSR count). The van der Waals surface area contributed by atoms with E-state index in [0.29, 0.717) is 19.3 Å². The predicted molar refractivity (Wildman–Crippen MR) is 79.6 cm³/mol. The molecule has 0 radical (unpaired) electrons. The fourth-order valence-corrected chi connectivity index (χ4v) is 0.321. The first-order chi connectivity index (χ1) is 7.89. The Bertz CT molecular complexity index is 191. The van der Waals surface area contributed by atoms with Crippen molar-refractivity contribution < 1.29 is 19.1 Å². The zero-order valence-electron chi connectivity index (χ0n) is 11.3. The number of methoxy groups -OCH3 is 1. The number of carbonyl (C=O) groups is 3. The second-order valence-electron chi connectivity index (χ2n) is 2.78. The average Bonchev–Trinajstić information content (AvgIpc) is 2.37. The van der Waals surface area contributed by atoms with E-state index in [1.807, 2.05) is 6.92 Å². The van der Waals surface area contributed by atoms with E-state index in [-0.39, 0.29) is 32.6 Å². The Balaban J connectivity index is -0.0000000492. The third-order valence-corrected chi connectivity index (χ3v) is 1.46. The maximum Gasteiger partial charge on any atom is 0.305 e. The minimum atomic E-state index is -0.245. The number of hydrogen-bond donors (Lipinski definition) is 2. The minimum Gasteiger partial charge on any atom is -0.469 e. The third kappa shape index (κ3) is 48.2. The first-order valence-electron chi connectivity index (χ1n) is 5.45. The van der Waals surface area contributed by atoms with Crippen LogP contribution in [0.1, 0.15) is 54.9 Å². The molecule has 6 nitrogen and oxygen atoms in total. The van der Waals surface area contributed by atoms with E-state index >= 15 is 0 Å². The molecular formula is C13H32N2O4. The van der Waals surface area contributed by atoms with Crippen molar-refractivity contribution in [1.29, 1.82) is 0 Å². The Morgan fingerprint density at radius 3 is 1.37 bits per heavy atom. The van der Waals surface area contributed by atoms with Crippen molar-refractivity contribution in [3.63, 3.8) is 0 Å². The van der Waals surface area contributed by atoms with Crippen molar-refractivity contribution in [3.8, 4) is 0 Å². The molecule has 0 spiro atoms. The van der Waals surface area contributed by atoms with Crippen LogP contribution in [-0.2, 0) is 19.1 Å². The normalized spacial score (nSPS) is 6.79. The van der Waals surface area contributed by atoms with Crippen molar-refractivity contribution in [2.75, 3.05) is 14.2 Å². The lowest BCUT2D eigenvalue weighted by molar-refractivity contribution is -0.140. The number of rotatable bonds is 3. The molecule has 0 unspecified atom stereocenters. The minimum absolute atomic E-state index is 0. The van der Waals surface area contributed by atoms with Crippen LogP contribution in [0.15, 0.2) is 0 Å². The second-order valence-corrected chi connectivity index (χ2v) is 2.78. The quantitative estimate of drug-likeness (QED) is 0.771. The summed E-state index contributed by atoms with van der Waals surface area (Å²) in [5.41, 5.74) is 4.65. The summed E-state index contributed by atoms with van der Waals surface area (Å²) in [6.45, 7) is 5.30. The van der Waals surface area contributed by atoms with Gasteiger partial charge in [0.25, 0.3) is 0 Å². The molecule has 0 saturated heterocycles. The van der Waals surface area contributed by atoms with Gasteiger partial charge in [-0.05, 0) is 0 Å². The smallest absolute Gasteiger partial charge is 0.305 e. The van der Waals surface area contributed by atoms with Gasteiger partial charge in [0.05, 0.1) is 7.11 Å². The summed E-state index contributed by atoms with van der Waals surface area (Å²) in [5, 5.41) is 2.48. The Labute approximate surface area is 118 Å². The van der Waals surface area contributed by atoms with Crippen LogP contribution in [0, 0.1) is 0 Å². The van der Waals surface area contributed by atoms with Gasteiger partial charge < -0.3 is 15.8 Å². The molecule has 0 atom stereocenters. The molecule has 0 aliphatic rings. The molecule has 0 aromatic carbocycles. The molecule has 3 N–H and O–H groups in total. The van der Waals surface area contributed by atoms with Gasteiger partial charge in [-0.2, -0.15) is 0 Å². The van der Waals surface area contributed by atoms with E-state index in [4.69, 9.17) is 0 Å². The number of ether oxygens (including phenoxy) is 1. The number of primary amides is 1. The van der Waals surface area contributed by atoms with Gasteiger partial charge in [-0.15, -0.1) is 0 Å². The number of esters is 1. The zero-order valence-corrected chi connectivity index (χ0v) is 11.3. The fraction of sp³-hybridized carbons (Fsp3) is 0.769. The van der Waals surface area contributed by atoms with Crippen LogP contribution < -0.4 is 11.1 Å². The van der Waals surface area contributed by atoms with Crippen LogP contribution in [-0.4, -0.2) is 31.9 Å². The lowest BCUT2D eigenvalue weighted by Gasteiger charge is -1.87. The SMILES string of the molecule is C.C.CCC(=O)NC.CCC(=O)OC.CCC(N)=O. The van der Waals surface area contributed by atoms with Crippen molar-refractivity contribution >= 4 is 17.8 Å².